The molecule has 1 fully saturated rings. The van der Waals surface area contributed by atoms with Gasteiger partial charge in [-0.2, -0.15) is 0 Å². The Labute approximate surface area is 271 Å². The molecular formula is C32H39N4O8PS. The van der Waals surface area contributed by atoms with Crippen LogP contribution in [0.15, 0.2) is 66.7 Å². The number of nitrogens with zero attached hydrogens (tertiary/aromatic N) is 1. The van der Waals surface area contributed by atoms with Crippen LogP contribution in [0.5, 0.6) is 5.75 Å². The van der Waals surface area contributed by atoms with Crippen molar-refractivity contribution in [1.29, 1.82) is 0 Å². The number of rotatable bonds is 14. The van der Waals surface area contributed by atoms with Crippen LogP contribution < -0.4 is 21.1 Å². The van der Waals surface area contributed by atoms with Crippen molar-refractivity contribution < 1.29 is 38.3 Å². The third-order valence-corrected chi connectivity index (χ3v) is 10.3. The van der Waals surface area contributed by atoms with E-state index in [9.17, 15) is 33.5 Å². The maximum absolute atomic E-state index is 13.9. The molecule has 46 heavy (non-hydrogen) atoms. The quantitative estimate of drug-likeness (QED) is 0.160. The smallest absolute Gasteiger partial charge is 0.335 e. The first-order chi connectivity index (χ1) is 21.9. The van der Waals surface area contributed by atoms with Gasteiger partial charge in [0.15, 0.2) is 0 Å². The van der Waals surface area contributed by atoms with E-state index in [0.29, 0.717) is 30.6 Å². The first kappa shape index (κ1) is 35.0. The second kappa shape index (κ2) is 16.1. The Balaban J connectivity index is 1.48. The van der Waals surface area contributed by atoms with Gasteiger partial charge in [-0.1, -0.05) is 54.6 Å². The van der Waals surface area contributed by atoms with Crippen molar-refractivity contribution in [2.45, 2.75) is 50.2 Å². The van der Waals surface area contributed by atoms with Crippen molar-refractivity contribution in [2.24, 2.45) is 5.73 Å². The molecule has 4 rings (SSSR count). The van der Waals surface area contributed by atoms with Gasteiger partial charge in [-0.05, 0) is 53.3 Å². The molecule has 246 valence electrons. The monoisotopic (exact) mass is 670 g/mol. The molecule has 0 unspecified atom stereocenters. The molecule has 1 aliphatic heterocycles. The molecule has 0 radical (unpaired) electrons. The van der Waals surface area contributed by atoms with Crippen molar-refractivity contribution in [2.75, 3.05) is 24.9 Å². The Bertz CT molecular complexity index is 1620. The van der Waals surface area contributed by atoms with Crippen LogP contribution in [0.2, 0.25) is 0 Å². The summed E-state index contributed by atoms with van der Waals surface area (Å²) in [6.45, 7) is 0.230. The van der Waals surface area contributed by atoms with E-state index < -0.39 is 54.8 Å². The molecule has 3 atom stereocenters. The largest absolute Gasteiger partial charge is 0.497 e. The van der Waals surface area contributed by atoms with E-state index >= 15 is 0 Å². The van der Waals surface area contributed by atoms with Gasteiger partial charge >= 0.3 is 7.60 Å². The Morgan fingerprint density at radius 3 is 2.46 bits per heavy atom. The summed E-state index contributed by atoms with van der Waals surface area (Å²) in [6.07, 6.45) is 1.70. The lowest BCUT2D eigenvalue weighted by atomic mass is 9.98. The van der Waals surface area contributed by atoms with E-state index in [1.807, 2.05) is 42.5 Å². The average molecular weight is 671 g/mol. The SMILES string of the molecule is COc1cccc(CC(=O)N[C@@H](CSCP(=O)(O)O)C(=O)N2CCCC[C@H]2C(=O)N[C@@H](Cc2ccc3ccccc3c2)C(N)=O)c1. The number of fused-ring (bicyclic) bond motifs is 1. The minimum atomic E-state index is -4.38. The zero-order valence-corrected chi connectivity index (χ0v) is 27.2. The summed E-state index contributed by atoms with van der Waals surface area (Å²) in [5.41, 5.74) is 6.60. The fraction of sp³-hybridized carbons (Fsp3) is 0.375. The average Bonchev–Trinajstić information content (AvgIpc) is 3.03. The molecule has 0 saturated carbocycles. The summed E-state index contributed by atoms with van der Waals surface area (Å²) in [4.78, 5) is 73.1. The van der Waals surface area contributed by atoms with E-state index in [-0.39, 0.29) is 25.1 Å². The molecule has 4 amide bonds. The number of methoxy groups -OCH3 is 1. The Hall–Kier alpha value is -3.90. The number of hydrogen-bond acceptors (Lipinski definition) is 7. The minimum absolute atomic E-state index is 0.0664. The van der Waals surface area contributed by atoms with Crippen LogP contribution in [0.1, 0.15) is 30.4 Å². The summed E-state index contributed by atoms with van der Waals surface area (Å²) < 4.78 is 16.7. The molecule has 1 heterocycles. The van der Waals surface area contributed by atoms with Crippen LogP contribution in [-0.4, -0.2) is 81.3 Å². The molecule has 1 saturated heterocycles. The number of primary amides is 1. The Morgan fingerprint density at radius 1 is 0.978 bits per heavy atom. The van der Waals surface area contributed by atoms with E-state index in [4.69, 9.17) is 10.5 Å². The maximum Gasteiger partial charge on any atom is 0.335 e. The predicted molar refractivity (Wildman–Crippen MR) is 176 cm³/mol. The molecule has 12 nitrogen and oxygen atoms in total. The number of carbonyl (C=O) groups is 4. The van der Waals surface area contributed by atoms with Gasteiger partial charge in [0.25, 0.3) is 0 Å². The van der Waals surface area contributed by atoms with Crippen LogP contribution in [0, 0.1) is 0 Å². The van der Waals surface area contributed by atoms with Gasteiger partial charge < -0.3 is 35.8 Å². The second-order valence-corrected chi connectivity index (χ2v) is 14.3. The summed E-state index contributed by atoms with van der Waals surface area (Å²) in [5, 5.41) is 7.46. The van der Waals surface area contributed by atoms with E-state index in [1.54, 1.807) is 24.3 Å². The standard InChI is InChI=1S/C32H39N4O8PS/c1-44-25-10-6-7-21(16-25)18-29(37)34-27(19-46-20-45(41,42)43)32(40)36-14-5-4-11-28(36)31(39)35-26(30(33)38)17-22-12-13-23-8-2-3-9-24(23)15-22/h2-3,6-10,12-13,15-16,26-28H,4-5,11,14,17-20H2,1H3,(H2,33,38)(H,34,37)(H,35,39)(H2,41,42,43)/t26-,27-,28-/m0/s1. The number of amides is 4. The highest BCUT2D eigenvalue weighted by molar-refractivity contribution is 8.04. The minimum Gasteiger partial charge on any atom is -0.497 e. The van der Waals surface area contributed by atoms with Crippen molar-refractivity contribution in [1.82, 2.24) is 15.5 Å². The lowest BCUT2D eigenvalue weighted by molar-refractivity contribution is -0.145. The third-order valence-electron chi connectivity index (χ3n) is 7.68. The number of likely N-dealkylation sites (tertiary alicyclic amines) is 1. The molecule has 0 aliphatic carbocycles. The van der Waals surface area contributed by atoms with Crippen molar-refractivity contribution >= 4 is 53.8 Å². The molecule has 6 N–H and O–H groups in total. The number of nitrogens with two attached hydrogens (primary N) is 1. The van der Waals surface area contributed by atoms with Crippen LogP contribution in [0.25, 0.3) is 10.8 Å². The van der Waals surface area contributed by atoms with Crippen LogP contribution in [0.4, 0.5) is 0 Å². The molecule has 0 spiro atoms. The van der Waals surface area contributed by atoms with Crippen LogP contribution in [-0.2, 0) is 36.6 Å². The Morgan fingerprint density at radius 2 is 1.74 bits per heavy atom. The van der Waals surface area contributed by atoms with Crippen LogP contribution >= 0.6 is 19.4 Å². The van der Waals surface area contributed by atoms with Crippen LogP contribution in [0.3, 0.4) is 0 Å². The van der Waals surface area contributed by atoms with Gasteiger partial charge in [0.2, 0.25) is 23.6 Å². The van der Waals surface area contributed by atoms with E-state index in [2.05, 4.69) is 10.6 Å². The van der Waals surface area contributed by atoms with Gasteiger partial charge in [0, 0.05) is 18.7 Å². The highest BCUT2D eigenvalue weighted by atomic mass is 32.2. The topological polar surface area (TPSA) is 188 Å². The molecule has 3 aromatic rings. The summed E-state index contributed by atoms with van der Waals surface area (Å²) in [5.74, 6) is -1.85. The normalized spacial score (nSPS) is 16.3. The molecule has 14 heteroatoms. The van der Waals surface area contributed by atoms with Gasteiger partial charge in [-0.15, -0.1) is 11.8 Å². The number of carbonyl (C=O) groups excluding carboxylic acids is 4. The summed E-state index contributed by atoms with van der Waals surface area (Å²) in [6, 6.07) is 17.3. The second-order valence-electron chi connectivity index (χ2n) is 11.2. The van der Waals surface area contributed by atoms with Gasteiger partial charge in [0.1, 0.15) is 23.9 Å². The first-order valence-corrected chi connectivity index (χ1v) is 17.8. The molecule has 0 bridgehead atoms. The predicted octanol–water partition coefficient (Wildman–Crippen LogP) is 2.34. The lowest BCUT2D eigenvalue weighted by Crippen LogP contribution is -2.60. The number of nitrogens with one attached hydrogen (secondary N) is 2. The number of ether oxygens (including phenoxy) is 1. The zero-order valence-electron chi connectivity index (χ0n) is 25.5. The number of piperidine rings is 1. The fourth-order valence-corrected chi connectivity index (χ4v) is 7.27. The van der Waals surface area contributed by atoms with Crippen molar-refractivity contribution in [3.63, 3.8) is 0 Å². The van der Waals surface area contributed by atoms with E-state index in [0.717, 1.165) is 28.1 Å². The molecule has 1 aliphatic rings. The molecule has 3 aromatic carbocycles. The van der Waals surface area contributed by atoms with E-state index in [1.165, 1.54) is 12.0 Å². The Kier molecular flexibility index (Phi) is 12.2. The highest BCUT2D eigenvalue weighted by Crippen LogP contribution is 2.38. The third kappa shape index (κ3) is 10.1. The number of thioether (sulfide) groups is 1. The maximum atomic E-state index is 13.9. The molecule has 0 aromatic heterocycles. The first-order valence-electron chi connectivity index (χ1n) is 14.9. The zero-order chi connectivity index (χ0) is 33.3. The number of benzene rings is 3. The van der Waals surface area contributed by atoms with Crippen molar-refractivity contribution in [3.05, 3.63) is 77.9 Å². The molecular weight excluding hydrogens is 631 g/mol. The number of hydrogen-bond donors (Lipinski definition) is 5. The highest BCUT2D eigenvalue weighted by Gasteiger charge is 2.37. The van der Waals surface area contributed by atoms with Gasteiger partial charge in [-0.3, -0.25) is 23.7 Å². The summed E-state index contributed by atoms with van der Waals surface area (Å²) >= 11 is 0.834. The van der Waals surface area contributed by atoms with Crippen molar-refractivity contribution in [3.8, 4) is 5.75 Å². The van der Waals surface area contributed by atoms with Gasteiger partial charge in [-0.25, -0.2) is 0 Å². The van der Waals surface area contributed by atoms with Gasteiger partial charge in [0.05, 0.1) is 19.0 Å². The lowest BCUT2D eigenvalue weighted by Gasteiger charge is -2.37. The summed E-state index contributed by atoms with van der Waals surface area (Å²) in [7, 11) is -2.87. The fourth-order valence-electron chi connectivity index (χ4n) is 5.44.